The second-order valence-electron chi connectivity index (χ2n) is 5.14. The first kappa shape index (κ1) is 16.2. The molecule has 0 bridgehead atoms. The number of esters is 1. The highest BCUT2D eigenvalue weighted by Crippen LogP contribution is 2.11. The molecular formula is C19H22O3. The molecule has 0 N–H and O–H groups in total. The van der Waals surface area contributed by atoms with Crippen LogP contribution < -0.4 is 4.74 Å². The molecule has 0 amide bonds. The van der Waals surface area contributed by atoms with E-state index in [9.17, 15) is 4.79 Å². The van der Waals surface area contributed by atoms with Crippen molar-refractivity contribution in [3.63, 3.8) is 0 Å². The second-order valence-corrected chi connectivity index (χ2v) is 5.14. The summed E-state index contributed by atoms with van der Waals surface area (Å²) in [6, 6.07) is 19.3. The van der Waals surface area contributed by atoms with Gasteiger partial charge in [0.05, 0.1) is 6.61 Å². The zero-order chi connectivity index (χ0) is 15.5. The minimum atomic E-state index is -0.170. The van der Waals surface area contributed by atoms with Crippen molar-refractivity contribution in [1.29, 1.82) is 0 Å². The summed E-state index contributed by atoms with van der Waals surface area (Å²) < 4.78 is 10.8. The molecule has 0 aromatic heterocycles. The van der Waals surface area contributed by atoms with E-state index < -0.39 is 0 Å². The molecule has 0 radical (unpaired) electrons. The Morgan fingerprint density at radius 2 is 1.50 bits per heavy atom. The van der Waals surface area contributed by atoms with Crippen LogP contribution in [-0.4, -0.2) is 12.6 Å². The lowest BCUT2D eigenvalue weighted by molar-refractivity contribution is -0.134. The van der Waals surface area contributed by atoms with Gasteiger partial charge in [-0.1, -0.05) is 55.0 Å². The van der Waals surface area contributed by atoms with Gasteiger partial charge in [0.15, 0.2) is 0 Å². The number of benzene rings is 2. The summed E-state index contributed by atoms with van der Waals surface area (Å²) in [5.74, 6) is 0.440. The van der Waals surface area contributed by atoms with Crippen LogP contribution in [0.4, 0.5) is 0 Å². The zero-order valence-corrected chi connectivity index (χ0v) is 12.7. The molecule has 0 saturated heterocycles. The number of hydrogen-bond acceptors (Lipinski definition) is 3. The molecule has 0 aliphatic rings. The van der Waals surface area contributed by atoms with Crippen LogP contribution in [0, 0.1) is 0 Å². The average molecular weight is 298 g/mol. The SMILES string of the molecule is O=C(CCCCCOCc1ccccc1)Oc1ccccc1. The van der Waals surface area contributed by atoms with Crippen LogP contribution in [-0.2, 0) is 16.1 Å². The first-order chi connectivity index (χ1) is 10.8. The fourth-order valence-electron chi connectivity index (χ4n) is 2.09. The van der Waals surface area contributed by atoms with Gasteiger partial charge in [0.2, 0.25) is 0 Å². The number of hydrogen-bond donors (Lipinski definition) is 0. The molecule has 2 aromatic rings. The van der Waals surface area contributed by atoms with E-state index in [4.69, 9.17) is 9.47 Å². The second kappa shape index (κ2) is 9.74. The van der Waals surface area contributed by atoms with Gasteiger partial charge in [0.1, 0.15) is 5.75 Å². The lowest BCUT2D eigenvalue weighted by Crippen LogP contribution is -2.07. The number of unbranched alkanes of at least 4 members (excludes halogenated alkanes) is 2. The van der Waals surface area contributed by atoms with E-state index in [1.165, 1.54) is 5.56 Å². The van der Waals surface area contributed by atoms with Crippen LogP contribution in [0.3, 0.4) is 0 Å². The van der Waals surface area contributed by atoms with Crippen LogP contribution in [0.2, 0.25) is 0 Å². The van der Waals surface area contributed by atoms with Gasteiger partial charge in [-0.2, -0.15) is 0 Å². The predicted molar refractivity (Wildman–Crippen MR) is 86.6 cm³/mol. The van der Waals surface area contributed by atoms with E-state index >= 15 is 0 Å². The largest absolute Gasteiger partial charge is 0.427 e. The van der Waals surface area contributed by atoms with Crippen molar-refractivity contribution in [1.82, 2.24) is 0 Å². The molecule has 0 saturated carbocycles. The van der Waals surface area contributed by atoms with Crippen LogP contribution >= 0.6 is 0 Å². The molecule has 2 aromatic carbocycles. The Bertz CT molecular complexity index is 537. The third-order valence-electron chi connectivity index (χ3n) is 3.26. The van der Waals surface area contributed by atoms with E-state index in [2.05, 4.69) is 12.1 Å². The first-order valence-corrected chi connectivity index (χ1v) is 7.72. The van der Waals surface area contributed by atoms with Crippen LogP contribution in [0.1, 0.15) is 31.2 Å². The van der Waals surface area contributed by atoms with Gasteiger partial charge in [0, 0.05) is 13.0 Å². The van der Waals surface area contributed by atoms with Gasteiger partial charge in [-0.15, -0.1) is 0 Å². The lowest BCUT2D eigenvalue weighted by Gasteiger charge is -2.05. The third kappa shape index (κ3) is 6.55. The number of rotatable bonds is 9. The monoisotopic (exact) mass is 298 g/mol. The normalized spacial score (nSPS) is 10.4. The molecule has 0 heterocycles. The zero-order valence-electron chi connectivity index (χ0n) is 12.7. The fraction of sp³-hybridized carbons (Fsp3) is 0.316. The minimum Gasteiger partial charge on any atom is -0.427 e. The van der Waals surface area contributed by atoms with Gasteiger partial charge >= 0.3 is 5.97 Å². The van der Waals surface area contributed by atoms with Crippen LogP contribution in [0.15, 0.2) is 60.7 Å². The van der Waals surface area contributed by atoms with Crippen LogP contribution in [0.25, 0.3) is 0 Å². The molecule has 22 heavy (non-hydrogen) atoms. The Kier molecular flexibility index (Phi) is 7.19. The Labute approximate surface area is 131 Å². The summed E-state index contributed by atoms with van der Waals surface area (Å²) in [5.41, 5.74) is 1.19. The van der Waals surface area contributed by atoms with Gasteiger partial charge in [-0.25, -0.2) is 0 Å². The fourth-order valence-corrected chi connectivity index (χ4v) is 2.09. The van der Waals surface area contributed by atoms with Gasteiger partial charge in [-0.05, 0) is 30.5 Å². The van der Waals surface area contributed by atoms with Crippen molar-refractivity contribution in [2.45, 2.75) is 32.3 Å². The Morgan fingerprint density at radius 3 is 2.23 bits per heavy atom. The van der Waals surface area contributed by atoms with E-state index in [1.54, 1.807) is 12.1 Å². The predicted octanol–water partition coefficient (Wildman–Crippen LogP) is 4.37. The summed E-state index contributed by atoms with van der Waals surface area (Å²) in [6.45, 7) is 1.37. The number of carbonyl (C=O) groups is 1. The Morgan fingerprint density at radius 1 is 0.818 bits per heavy atom. The molecule has 2 rings (SSSR count). The molecule has 3 heteroatoms. The summed E-state index contributed by atoms with van der Waals surface area (Å²) in [5, 5.41) is 0. The number of ether oxygens (including phenoxy) is 2. The Balaban J connectivity index is 1.48. The molecule has 0 aliphatic heterocycles. The summed E-state index contributed by atoms with van der Waals surface area (Å²) >= 11 is 0. The maximum absolute atomic E-state index is 11.6. The van der Waals surface area contributed by atoms with E-state index in [1.807, 2.05) is 36.4 Å². The van der Waals surface area contributed by atoms with E-state index in [0.717, 1.165) is 25.9 Å². The molecular weight excluding hydrogens is 276 g/mol. The summed E-state index contributed by atoms with van der Waals surface area (Å²) in [7, 11) is 0. The summed E-state index contributed by atoms with van der Waals surface area (Å²) in [4.78, 5) is 11.6. The van der Waals surface area contributed by atoms with Crippen molar-refractivity contribution in [3.8, 4) is 5.75 Å². The maximum Gasteiger partial charge on any atom is 0.311 e. The maximum atomic E-state index is 11.6. The summed E-state index contributed by atoms with van der Waals surface area (Å²) in [6.07, 6.45) is 3.22. The van der Waals surface area contributed by atoms with Crippen molar-refractivity contribution in [3.05, 3.63) is 66.2 Å². The standard InChI is InChI=1S/C19H22O3/c20-19(22-18-12-6-2-7-13-18)14-8-3-9-15-21-16-17-10-4-1-5-11-17/h1-2,4-7,10-13H,3,8-9,14-16H2. The van der Waals surface area contributed by atoms with Crippen molar-refractivity contribution in [2.75, 3.05) is 6.61 Å². The molecule has 116 valence electrons. The highest BCUT2D eigenvalue weighted by atomic mass is 16.5. The van der Waals surface area contributed by atoms with Gasteiger partial charge < -0.3 is 9.47 Å². The highest BCUT2D eigenvalue weighted by Gasteiger charge is 2.03. The molecule has 3 nitrogen and oxygen atoms in total. The lowest BCUT2D eigenvalue weighted by atomic mass is 10.2. The molecule has 0 spiro atoms. The number of carbonyl (C=O) groups excluding carboxylic acids is 1. The molecule has 0 atom stereocenters. The molecule has 0 unspecified atom stereocenters. The van der Waals surface area contributed by atoms with Crippen molar-refractivity contribution < 1.29 is 14.3 Å². The minimum absolute atomic E-state index is 0.170. The smallest absolute Gasteiger partial charge is 0.311 e. The van der Waals surface area contributed by atoms with E-state index in [-0.39, 0.29) is 5.97 Å². The van der Waals surface area contributed by atoms with Gasteiger partial charge in [0.25, 0.3) is 0 Å². The van der Waals surface area contributed by atoms with Crippen molar-refractivity contribution in [2.24, 2.45) is 0 Å². The topological polar surface area (TPSA) is 35.5 Å². The first-order valence-electron chi connectivity index (χ1n) is 7.72. The molecule has 0 fully saturated rings. The Hall–Kier alpha value is -2.13. The average Bonchev–Trinajstić information content (AvgIpc) is 2.56. The molecule has 0 aliphatic carbocycles. The third-order valence-corrected chi connectivity index (χ3v) is 3.26. The van der Waals surface area contributed by atoms with Crippen LogP contribution in [0.5, 0.6) is 5.75 Å². The highest BCUT2D eigenvalue weighted by molar-refractivity contribution is 5.72. The van der Waals surface area contributed by atoms with E-state index in [0.29, 0.717) is 18.8 Å². The number of para-hydroxylation sites is 1. The van der Waals surface area contributed by atoms with Crippen molar-refractivity contribution >= 4 is 5.97 Å². The van der Waals surface area contributed by atoms with Gasteiger partial charge in [-0.3, -0.25) is 4.79 Å². The quantitative estimate of drug-likeness (QED) is 0.392.